The van der Waals surface area contributed by atoms with Crippen LogP contribution in [0.5, 0.6) is 0 Å². The Labute approximate surface area is 271 Å². The van der Waals surface area contributed by atoms with E-state index in [1.165, 1.54) is 22.3 Å². The summed E-state index contributed by atoms with van der Waals surface area (Å²) in [4.78, 5) is 2.33. The van der Waals surface area contributed by atoms with Crippen LogP contribution in [0, 0.1) is 11.8 Å². The van der Waals surface area contributed by atoms with E-state index >= 15 is 0 Å². The van der Waals surface area contributed by atoms with Crippen molar-refractivity contribution in [3.63, 3.8) is 0 Å². The molecular formula is C45H31N. The number of rotatable bonds is 5. The van der Waals surface area contributed by atoms with Gasteiger partial charge in [0.1, 0.15) is 5.41 Å². The fourth-order valence-electron chi connectivity index (χ4n) is 6.84. The lowest BCUT2D eigenvalue weighted by atomic mass is 9.72. The molecule has 0 aromatic heterocycles. The Kier molecular flexibility index (Phi) is 7.02. The second-order valence-electron chi connectivity index (χ2n) is 11.6. The van der Waals surface area contributed by atoms with Crippen LogP contribution < -0.4 is 4.90 Å². The summed E-state index contributed by atoms with van der Waals surface area (Å²) in [6.45, 7) is 0. The van der Waals surface area contributed by atoms with E-state index in [1.807, 2.05) is 0 Å². The van der Waals surface area contributed by atoms with Crippen molar-refractivity contribution in [2.75, 3.05) is 4.90 Å². The van der Waals surface area contributed by atoms with E-state index in [0.717, 1.165) is 39.3 Å². The molecule has 0 amide bonds. The summed E-state index contributed by atoms with van der Waals surface area (Å²) in [6, 6.07) is 66.6. The molecule has 0 fully saturated rings. The molecule has 0 saturated carbocycles. The molecule has 0 bridgehead atoms. The van der Waals surface area contributed by atoms with Gasteiger partial charge < -0.3 is 4.90 Å². The molecule has 1 atom stereocenters. The van der Waals surface area contributed by atoms with Gasteiger partial charge in [0, 0.05) is 22.6 Å². The molecule has 1 nitrogen and oxygen atoms in total. The van der Waals surface area contributed by atoms with Gasteiger partial charge in [-0.1, -0.05) is 157 Å². The van der Waals surface area contributed by atoms with Crippen LogP contribution in [0.25, 0.3) is 22.3 Å². The van der Waals surface area contributed by atoms with Crippen LogP contribution in [0.4, 0.5) is 17.1 Å². The van der Waals surface area contributed by atoms with Crippen molar-refractivity contribution in [3.05, 3.63) is 210 Å². The van der Waals surface area contributed by atoms with E-state index in [1.54, 1.807) is 0 Å². The maximum absolute atomic E-state index is 3.93. The summed E-state index contributed by atoms with van der Waals surface area (Å²) in [5.74, 6) is 7.65. The number of hydrogen-bond acceptors (Lipinski definition) is 1. The highest BCUT2D eigenvalue weighted by molar-refractivity contribution is 5.89. The van der Waals surface area contributed by atoms with E-state index < -0.39 is 5.41 Å². The van der Waals surface area contributed by atoms with Crippen LogP contribution in [0.2, 0.25) is 0 Å². The normalized spacial score (nSPS) is 14.4. The predicted octanol–water partition coefficient (Wildman–Crippen LogP) is 11.2. The maximum Gasteiger partial charge on any atom is 0.108 e. The molecule has 0 heterocycles. The van der Waals surface area contributed by atoms with Gasteiger partial charge in [-0.15, -0.1) is 0 Å². The molecule has 8 rings (SSSR count). The van der Waals surface area contributed by atoms with Gasteiger partial charge >= 0.3 is 0 Å². The van der Waals surface area contributed by atoms with Gasteiger partial charge in [-0.2, -0.15) is 0 Å². The second-order valence-corrected chi connectivity index (χ2v) is 11.6. The Morgan fingerprint density at radius 2 is 0.913 bits per heavy atom. The second kappa shape index (κ2) is 11.8. The minimum atomic E-state index is -0.675. The van der Waals surface area contributed by atoms with Crippen LogP contribution in [-0.2, 0) is 5.41 Å². The summed E-state index contributed by atoms with van der Waals surface area (Å²) in [6.07, 6.45) is 0. The van der Waals surface area contributed by atoms with Gasteiger partial charge in [0.2, 0.25) is 0 Å². The lowest BCUT2D eigenvalue weighted by Gasteiger charge is -2.30. The summed E-state index contributed by atoms with van der Waals surface area (Å²) in [5, 5.41) is 0. The topological polar surface area (TPSA) is 3.24 Å². The van der Waals surface area contributed by atoms with Crippen LogP contribution in [0.1, 0.15) is 22.3 Å². The number of hydrogen-bond donors (Lipinski definition) is 0. The first-order valence-electron chi connectivity index (χ1n) is 15.7. The zero-order valence-electron chi connectivity index (χ0n) is 25.3. The standard InChI is InChI=1S/C45H31N/c1-5-17-34(18-6-1)40-26-14-13-19-35(40)31-32-45(36-20-7-2-8-21-36)43-28-16-15-27-41(43)42-30-29-39(33-44(42)45)46(37-22-9-3-10-23-37)38-24-11-4-12-25-38/h1-30,33H. The first kappa shape index (κ1) is 27.4. The molecule has 0 radical (unpaired) electrons. The SMILES string of the molecule is C(#CC1(c2ccccc2)c2ccccc2-c2ccc(N(c3ccccc3)c3ccccc3)cc21)c1ccccc1-c1ccccc1. The van der Waals surface area contributed by atoms with Gasteiger partial charge in [0.25, 0.3) is 0 Å². The first-order chi connectivity index (χ1) is 22.8. The maximum atomic E-state index is 3.93. The summed E-state index contributed by atoms with van der Waals surface area (Å²) in [7, 11) is 0. The molecule has 1 heteroatoms. The highest BCUT2D eigenvalue weighted by Gasteiger charge is 2.44. The molecule has 1 unspecified atom stereocenters. The minimum Gasteiger partial charge on any atom is -0.310 e. The third-order valence-electron chi connectivity index (χ3n) is 8.92. The number of anilines is 3. The molecule has 1 aliphatic rings. The summed E-state index contributed by atoms with van der Waals surface area (Å²) in [5.41, 5.74) is 12.0. The van der Waals surface area contributed by atoms with Gasteiger partial charge in [-0.3, -0.25) is 0 Å². The highest BCUT2D eigenvalue weighted by Crippen LogP contribution is 2.54. The predicted molar refractivity (Wildman–Crippen MR) is 192 cm³/mol. The molecule has 216 valence electrons. The Morgan fingerprint density at radius 3 is 1.59 bits per heavy atom. The summed E-state index contributed by atoms with van der Waals surface area (Å²) >= 11 is 0. The van der Waals surface area contributed by atoms with E-state index in [2.05, 4.69) is 205 Å². The molecule has 0 N–H and O–H groups in total. The van der Waals surface area contributed by atoms with Gasteiger partial charge in [-0.25, -0.2) is 0 Å². The van der Waals surface area contributed by atoms with Crippen molar-refractivity contribution in [3.8, 4) is 34.1 Å². The van der Waals surface area contributed by atoms with Gasteiger partial charge in [0.15, 0.2) is 0 Å². The Morgan fingerprint density at radius 1 is 0.391 bits per heavy atom. The molecule has 7 aromatic rings. The van der Waals surface area contributed by atoms with Crippen molar-refractivity contribution in [2.45, 2.75) is 5.41 Å². The lowest BCUT2D eigenvalue weighted by molar-refractivity contribution is 0.837. The molecule has 0 spiro atoms. The largest absolute Gasteiger partial charge is 0.310 e. The Hall–Kier alpha value is -6.10. The van der Waals surface area contributed by atoms with Crippen LogP contribution in [-0.4, -0.2) is 0 Å². The molecular weight excluding hydrogens is 555 g/mol. The monoisotopic (exact) mass is 585 g/mol. The zero-order chi connectivity index (χ0) is 30.8. The number of para-hydroxylation sites is 2. The Balaban J connectivity index is 1.40. The minimum absolute atomic E-state index is 0.675. The molecule has 7 aromatic carbocycles. The molecule has 0 saturated heterocycles. The average Bonchev–Trinajstić information content (AvgIpc) is 3.42. The van der Waals surface area contributed by atoms with E-state index in [-0.39, 0.29) is 0 Å². The third kappa shape index (κ3) is 4.69. The summed E-state index contributed by atoms with van der Waals surface area (Å²) < 4.78 is 0. The van der Waals surface area contributed by atoms with Crippen molar-refractivity contribution in [1.29, 1.82) is 0 Å². The Bertz CT molecular complexity index is 2150. The third-order valence-corrected chi connectivity index (χ3v) is 8.92. The lowest BCUT2D eigenvalue weighted by Crippen LogP contribution is -2.25. The van der Waals surface area contributed by atoms with E-state index in [4.69, 9.17) is 0 Å². The average molecular weight is 586 g/mol. The van der Waals surface area contributed by atoms with Crippen LogP contribution in [0.15, 0.2) is 188 Å². The molecule has 0 aliphatic heterocycles. The van der Waals surface area contributed by atoms with Gasteiger partial charge in [0.05, 0.1) is 0 Å². The molecule has 1 aliphatic carbocycles. The van der Waals surface area contributed by atoms with Crippen molar-refractivity contribution < 1.29 is 0 Å². The van der Waals surface area contributed by atoms with Crippen molar-refractivity contribution in [1.82, 2.24) is 0 Å². The van der Waals surface area contributed by atoms with Crippen molar-refractivity contribution in [2.24, 2.45) is 0 Å². The number of benzene rings is 7. The van der Waals surface area contributed by atoms with Gasteiger partial charge in [-0.05, 0) is 81.4 Å². The van der Waals surface area contributed by atoms with Crippen molar-refractivity contribution >= 4 is 17.1 Å². The number of fused-ring (bicyclic) bond motifs is 3. The number of nitrogens with zero attached hydrogens (tertiary/aromatic N) is 1. The molecule has 46 heavy (non-hydrogen) atoms. The van der Waals surface area contributed by atoms with Crippen LogP contribution >= 0.6 is 0 Å². The quantitative estimate of drug-likeness (QED) is 0.182. The van der Waals surface area contributed by atoms with E-state index in [9.17, 15) is 0 Å². The smallest absolute Gasteiger partial charge is 0.108 e. The fraction of sp³-hybridized carbons (Fsp3) is 0.0222. The fourth-order valence-corrected chi connectivity index (χ4v) is 6.84. The highest BCUT2D eigenvalue weighted by atomic mass is 15.1. The van der Waals surface area contributed by atoms with Crippen LogP contribution in [0.3, 0.4) is 0 Å². The zero-order valence-corrected chi connectivity index (χ0v) is 25.3. The first-order valence-corrected chi connectivity index (χ1v) is 15.7. The van der Waals surface area contributed by atoms with E-state index in [0.29, 0.717) is 0 Å².